The highest BCUT2D eigenvalue weighted by Crippen LogP contribution is 2.22. The Labute approximate surface area is 115 Å². The minimum absolute atomic E-state index is 0.189. The number of aryl methyl sites for hydroxylation is 2. The van der Waals surface area contributed by atoms with E-state index in [0.29, 0.717) is 0 Å². The van der Waals surface area contributed by atoms with Crippen molar-refractivity contribution in [1.82, 2.24) is 15.3 Å². The number of aromatic nitrogens is 2. The van der Waals surface area contributed by atoms with Crippen LogP contribution >= 0.6 is 0 Å². The number of nitrogens with zero attached hydrogens (tertiary/aromatic N) is 2. The predicted octanol–water partition coefficient (Wildman–Crippen LogP) is 3.18. The summed E-state index contributed by atoms with van der Waals surface area (Å²) < 4.78 is 0. The van der Waals surface area contributed by atoms with Gasteiger partial charge in [0.05, 0.1) is 6.04 Å². The van der Waals surface area contributed by atoms with E-state index in [1.165, 1.54) is 11.1 Å². The molecule has 1 N–H and O–H groups in total. The summed E-state index contributed by atoms with van der Waals surface area (Å²) in [6, 6.07) is 8.58. The lowest BCUT2D eigenvalue weighted by Crippen LogP contribution is -2.23. The Morgan fingerprint density at radius 3 is 2.47 bits per heavy atom. The number of nitrogens with one attached hydrogen (secondary N) is 1. The van der Waals surface area contributed by atoms with Gasteiger partial charge in [-0.25, -0.2) is 0 Å². The van der Waals surface area contributed by atoms with E-state index >= 15 is 0 Å². The number of pyridine rings is 2. The van der Waals surface area contributed by atoms with Gasteiger partial charge in [-0.3, -0.25) is 9.97 Å². The average molecular weight is 255 g/mol. The standard InChI is InChI=1S/C16H21N3/c1-4-7-18-16(14-6-5-8-17-11-14)15-9-12(2)19-13(3)10-15/h5-6,8-11,16,18H,4,7H2,1-3H3. The molecular weight excluding hydrogens is 234 g/mol. The molecule has 0 spiro atoms. The van der Waals surface area contributed by atoms with Crippen LogP contribution in [0.1, 0.15) is 41.9 Å². The molecule has 1 atom stereocenters. The molecule has 1 unspecified atom stereocenters. The molecule has 19 heavy (non-hydrogen) atoms. The van der Waals surface area contributed by atoms with Crippen LogP contribution in [0.25, 0.3) is 0 Å². The molecule has 0 saturated carbocycles. The normalized spacial score (nSPS) is 12.4. The number of hydrogen-bond acceptors (Lipinski definition) is 3. The van der Waals surface area contributed by atoms with Crippen molar-refractivity contribution in [2.75, 3.05) is 6.54 Å². The zero-order chi connectivity index (χ0) is 13.7. The molecule has 2 aromatic heterocycles. The lowest BCUT2D eigenvalue weighted by Gasteiger charge is -2.20. The van der Waals surface area contributed by atoms with Crippen LogP contribution in [0, 0.1) is 13.8 Å². The molecule has 0 bridgehead atoms. The van der Waals surface area contributed by atoms with Crippen molar-refractivity contribution in [2.45, 2.75) is 33.2 Å². The van der Waals surface area contributed by atoms with Gasteiger partial charge in [-0.2, -0.15) is 0 Å². The Morgan fingerprint density at radius 1 is 1.16 bits per heavy atom. The van der Waals surface area contributed by atoms with Gasteiger partial charge in [-0.1, -0.05) is 13.0 Å². The summed E-state index contributed by atoms with van der Waals surface area (Å²) in [6.45, 7) is 7.24. The third-order valence-corrected chi connectivity index (χ3v) is 3.05. The van der Waals surface area contributed by atoms with Crippen LogP contribution < -0.4 is 5.32 Å². The topological polar surface area (TPSA) is 37.8 Å². The molecule has 2 heterocycles. The Balaban J connectivity index is 2.36. The van der Waals surface area contributed by atoms with Crippen molar-refractivity contribution < 1.29 is 0 Å². The number of rotatable bonds is 5. The van der Waals surface area contributed by atoms with Crippen molar-refractivity contribution in [1.29, 1.82) is 0 Å². The Hall–Kier alpha value is -1.74. The van der Waals surface area contributed by atoms with Crippen LogP contribution in [0.3, 0.4) is 0 Å². The second-order valence-electron chi connectivity index (χ2n) is 4.86. The molecule has 0 aliphatic heterocycles. The smallest absolute Gasteiger partial charge is 0.0593 e. The molecular formula is C16H21N3. The molecule has 0 radical (unpaired) electrons. The largest absolute Gasteiger partial charge is 0.306 e. The van der Waals surface area contributed by atoms with Crippen molar-refractivity contribution in [3.63, 3.8) is 0 Å². The van der Waals surface area contributed by atoms with Crippen LogP contribution in [-0.2, 0) is 0 Å². The van der Waals surface area contributed by atoms with E-state index in [0.717, 1.165) is 24.4 Å². The van der Waals surface area contributed by atoms with Gasteiger partial charge < -0.3 is 5.32 Å². The highest BCUT2D eigenvalue weighted by molar-refractivity contribution is 5.32. The van der Waals surface area contributed by atoms with E-state index in [-0.39, 0.29) is 6.04 Å². The number of hydrogen-bond donors (Lipinski definition) is 1. The summed E-state index contributed by atoms with van der Waals surface area (Å²) in [5, 5.41) is 3.59. The van der Waals surface area contributed by atoms with Gasteiger partial charge in [0.2, 0.25) is 0 Å². The highest BCUT2D eigenvalue weighted by Gasteiger charge is 2.14. The average Bonchev–Trinajstić information content (AvgIpc) is 2.39. The van der Waals surface area contributed by atoms with Crippen LogP contribution in [-0.4, -0.2) is 16.5 Å². The van der Waals surface area contributed by atoms with Crippen molar-refractivity contribution in [3.05, 3.63) is 59.2 Å². The fraction of sp³-hybridized carbons (Fsp3) is 0.375. The molecule has 0 aliphatic rings. The van der Waals surface area contributed by atoms with E-state index in [4.69, 9.17) is 0 Å². The molecule has 3 nitrogen and oxygen atoms in total. The van der Waals surface area contributed by atoms with E-state index in [1.807, 2.05) is 32.3 Å². The zero-order valence-electron chi connectivity index (χ0n) is 11.9. The van der Waals surface area contributed by atoms with E-state index < -0.39 is 0 Å². The SMILES string of the molecule is CCCNC(c1cccnc1)c1cc(C)nc(C)c1. The third kappa shape index (κ3) is 3.61. The van der Waals surface area contributed by atoms with E-state index in [1.54, 1.807) is 0 Å². The monoisotopic (exact) mass is 255 g/mol. The van der Waals surface area contributed by atoms with Crippen molar-refractivity contribution in [2.24, 2.45) is 0 Å². The highest BCUT2D eigenvalue weighted by atomic mass is 14.9. The Bertz CT molecular complexity index is 503. The first-order chi connectivity index (χ1) is 9.20. The van der Waals surface area contributed by atoms with Gasteiger partial charge >= 0.3 is 0 Å². The first-order valence-electron chi connectivity index (χ1n) is 6.79. The van der Waals surface area contributed by atoms with Crippen LogP contribution in [0.15, 0.2) is 36.7 Å². The maximum atomic E-state index is 4.45. The lowest BCUT2D eigenvalue weighted by molar-refractivity contribution is 0.595. The van der Waals surface area contributed by atoms with Gasteiger partial charge in [0, 0.05) is 23.8 Å². The molecule has 100 valence electrons. The first kappa shape index (κ1) is 13.7. The minimum atomic E-state index is 0.189. The lowest BCUT2D eigenvalue weighted by atomic mass is 9.99. The minimum Gasteiger partial charge on any atom is -0.306 e. The van der Waals surface area contributed by atoms with Gasteiger partial charge in [-0.05, 0) is 56.1 Å². The molecule has 0 amide bonds. The second-order valence-corrected chi connectivity index (χ2v) is 4.86. The maximum absolute atomic E-state index is 4.45. The molecule has 0 saturated heterocycles. The Kier molecular flexibility index (Phi) is 4.63. The summed E-state index contributed by atoms with van der Waals surface area (Å²) in [4.78, 5) is 8.68. The van der Waals surface area contributed by atoms with Crippen molar-refractivity contribution in [3.8, 4) is 0 Å². The summed E-state index contributed by atoms with van der Waals surface area (Å²) in [5.41, 5.74) is 4.57. The fourth-order valence-electron chi connectivity index (χ4n) is 2.30. The first-order valence-corrected chi connectivity index (χ1v) is 6.79. The van der Waals surface area contributed by atoms with Crippen LogP contribution in [0.2, 0.25) is 0 Å². The summed E-state index contributed by atoms with van der Waals surface area (Å²) in [5.74, 6) is 0. The maximum Gasteiger partial charge on any atom is 0.0593 e. The van der Waals surface area contributed by atoms with Crippen LogP contribution in [0.5, 0.6) is 0 Å². The summed E-state index contributed by atoms with van der Waals surface area (Å²) in [6.07, 6.45) is 4.85. The molecule has 3 heteroatoms. The molecule has 0 aliphatic carbocycles. The molecule has 0 aromatic carbocycles. The van der Waals surface area contributed by atoms with E-state index in [9.17, 15) is 0 Å². The summed E-state index contributed by atoms with van der Waals surface area (Å²) in [7, 11) is 0. The van der Waals surface area contributed by atoms with Gasteiger partial charge in [0.15, 0.2) is 0 Å². The molecule has 2 aromatic rings. The van der Waals surface area contributed by atoms with E-state index in [2.05, 4.69) is 40.4 Å². The second kappa shape index (κ2) is 6.43. The van der Waals surface area contributed by atoms with Crippen molar-refractivity contribution >= 4 is 0 Å². The molecule has 2 rings (SSSR count). The van der Waals surface area contributed by atoms with Crippen LogP contribution in [0.4, 0.5) is 0 Å². The van der Waals surface area contributed by atoms with Gasteiger partial charge in [-0.15, -0.1) is 0 Å². The van der Waals surface area contributed by atoms with Gasteiger partial charge in [0.1, 0.15) is 0 Å². The molecule has 0 fully saturated rings. The Morgan fingerprint density at radius 2 is 1.89 bits per heavy atom. The zero-order valence-corrected chi connectivity index (χ0v) is 11.9. The fourth-order valence-corrected chi connectivity index (χ4v) is 2.30. The third-order valence-electron chi connectivity index (χ3n) is 3.05. The van der Waals surface area contributed by atoms with Gasteiger partial charge in [0.25, 0.3) is 0 Å². The summed E-state index contributed by atoms with van der Waals surface area (Å²) >= 11 is 0. The quantitative estimate of drug-likeness (QED) is 0.891. The predicted molar refractivity (Wildman–Crippen MR) is 78.1 cm³/mol.